The zero-order valence-corrected chi connectivity index (χ0v) is 15.2. The molecule has 4 amide bonds. The van der Waals surface area contributed by atoms with Crippen molar-refractivity contribution in [3.8, 4) is 0 Å². The summed E-state index contributed by atoms with van der Waals surface area (Å²) in [4.78, 5) is 53.0. The van der Waals surface area contributed by atoms with Crippen LogP contribution in [0.5, 0.6) is 0 Å². The van der Waals surface area contributed by atoms with Crippen molar-refractivity contribution in [1.29, 1.82) is 0 Å². The Bertz CT molecular complexity index is 531. The van der Waals surface area contributed by atoms with Crippen LogP contribution in [0.3, 0.4) is 0 Å². The molecule has 0 aromatic carbocycles. The van der Waals surface area contributed by atoms with Gasteiger partial charge in [0.1, 0.15) is 0 Å². The fraction of sp³-hybridized carbons (Fsp3) is 0.765. The highest BCUT2D eigenvalue weighted by atomic mass is 16.7. The van der Waals surface area contributed by atoms with Gasteiger partial charge in [-0.2, -0.15) is 0 Å². The van der Waals surface area contributed by atoms with Crippen LogP contribution >= 0.6 is 0 Å². The molecule has 2 heterocycles. The van der Waals surface area contributed by atoms with Crippen molar-refractivity contribution >= 4 is 23.8 Å². The van der Waals surface area contributed by atoms with Gasteiger partial charge in [-0.15, -0.1) is 5.06 Å². The molecule has 1 N–H and O–H groups in total. The van der Waals surface area contributed by atoms with E-state index in [1.54, 1.807) is 4.90 Å². The Hall–Kier alpha value is -2.12. The minimum Gasteiger partial charge on any atom is -0.337 e. The van der Waals surface area contributed by atoms with Crippen molar-refractivity contribution in [3.05, 3.63) is 0 Å². The lowest BCUT2D eigenvalue weighted by Gasteiger charge is -2.38. The highest BCUT2D eigenvalue weighted by Gasteiger charge is 2.33. The average molecular weight is 353 g/mol. The smallest absolute Gasteiger partial charge is 0.334 e. The zero-order chi connectivity index (χ0) is 18.6. The lowest BCUT2D eigenvalue weighted by Crippen LogP contribution is -2.46. The van der Waals surface area contributed by atoms with Crippen molar-refractivity contribution in [2.45, 2.75) is 52.9 Å². The lowest BCUT2D eigenvalue weighted by atomic mass is 9.75. The van der Waals surface area contributed by atoms with Gasteiger partial charge in [0.25, 0.3) is 11.8 Å². The number of rotatable bonds is 4. The maximum absolute atomic E-state index is 12.1. The van der Waals surface area contributed by atoms with Gasteiger partial charge in [-0.25, -0.2) is 9.59 Å². The Labute approximate surface area is 147 Å². The molecule has 0 spiro atoms. The quantitative estimate of drug-likeness (QED) is 0.772. The van der Waals surface area contributed by atoms with Crippen LogP contribution in [0.1, 0.15) is 52.9 Å². The van der Waals surface area contributed by atoms with E-state index in [4.69, 9.17) is 4.84 Å². The van der Waals surface area contributed by atoms with E-state index in [0.717, 1.165) is 12.8 Å². The molecule has 140 valence electrons. The number of nitrogens with one attached hydrogen (secondary N) is 1. The summed E-state index contributed by atoms with van der Waals surface area (Å²) in [6.45, 7) is 8.16. The molecule has 2 aliphatic rings. The summed E-state index contributed by atoms with van der Waals surface area (Å²) < 4.78 is 0. The zero-order valence-electron chi connectivity index (χ0n) is 15.2. The summed E-state index contributed by atoms with van der Waals surface area (Å²) in [5.41, 5.74) is 0.247. The van der Waals surface area contributed by atoms with Crippen LogP contribution in [0.15, 0.2) is 0 Å². The molecule has 0 unspecified atom stereocenters. The van der Waals surface area contributed by atoms with Gasteiger partial charge in [-0.3, -0.25) is 9.59 Å². The van der Waals surface area contributed by atoms with Gasteiger partial charge >= 0.3 is 12.0 Å². The first-order valence-electron chi connectivity index (χ1n) is 8.78. The Kier molecular flexibility index (Phi) is 6.02. The summed E-state index contributed by atoms with van der Waals surface area (Å²) in [5, 5.41) is 3.20. The third-order valence-electron chi connectivity index (χ3n) is 4.81. The van der Waals surface area contributed by atoms with Crippen LogP contribution in [0.25, 0.3) is 0 Å². The van der Waals surface area contributed by atoms with Gasteiger partial charge in [0, 0.05) is 32.5 Å². The predicted octanol–water partition coefficient (Wildman–Crippen LogP) is 1.45. The van der Waals surface area contributed by atoms with E-state index in [2.05, 4.69) is 26.1 Å². The molecule has 2 saturated heterocycles. The fourth-order valence-corrected chi connectivity index (χ4v) is 3.14. The summed E-state index contributed by atoms with van der Waals surface area (Å²) in [7, 11) is 0. The van der Waals surface area contributed by atoms with Crippen molar-refractivity contribution < 1.29 is 24.0 Å². The molecule has 0 atom stereocenters. The second-order valence-electron chi connectivity index (χ2n) is 7.65. The second-order valence-corrected chi connectivity index (χ2v) is 7.65. The predicted molar refractivity (Wildman–Crippen MR) is 88.9 cm³/mol. The first-order valence-corrected chi connectivity index (χ1v) is 8.78. The number of hydrogen-bond acceptors (Lipinski definition) is 5. The molecule has 0 aromatic heterocycles. The van der Waals surface area contributed by atoms with Gasteiger partial charge in [0.2, 0.25) is 0 Å². The number of piperidine rings is 1. The Morgan fingerprint density at radius 3 is 2.20 bits per heavy atom. The van der Waals surface area contributed by atoms with Crippen molar-refractivity contribution in [3.63, 3.8) is 0 Å². The van der Waals surface area contributed by atoms with E-state index in [1.165, 1.54) is 0 Å². The molecular weight excluding hydrogens is 326 g/mol. The second kappa shape index (κ2) is 7.84. The lowest BCUT2D eigenvalue weighted by molar-refractivity contribution is -0.197. The highest BCUT2D eigenvalue weighted by Crippen LogP contribution is 2.34. The number of hydroxylamine groups is 2. The molecular formula is C17H27N3O5. The van der Waals surface area contributed by atoms with E-state index < -0.39 is 17.8 Å². The third-order valence-corrected chi connectivity index (χ3v) is 4.81. The van der Waals surface area contributed by atoms with Crippen LogP contribution < -0.4 is 5.32 Å². The molecule has 0 aliphatic carbocycles. The standard InChI is InChI=1S/C17H27N3O5/c1-17(2,3)12-7-10-19(11-8-12)16(24)18-9-6-15(23)25-20-13(21)4-5-14(20)22/h12H,4-11H2,1-3H3,(H,18,24). The largest absolute Gasteiger partial charge is 0.337 e. The number of carbonyl (C=O) groups is 4. The monoisotopic (exact) mass is 353 g/mol. The SMILES string of the molecule is CC(C)(C)C1CCN(C(=O)NCCC(=O)ON2C(=O)CCC2=O)CC1. The normalized spacial score (nSPS) is 19.3. The van der Waals surface area contributed by atoms with Gasteiger partial charge in [0.05, 0.1) is 6.42 Å². The van der Waals surface area contributed by atoms with Crippen LogP contribution in [-0.2, 0) is 19.2 Å². The highest BCUT2D eigenvalue weighted by molar-refractivity contribution is 6.01. The molecule has 0 aromatic rings. The van der Waals surface area contributed by atoms with Crippen LogP contribution in [-0.4, -0.2) is 53.4 Å². The number of hydrogen-bond donors (Lipinski definition) is 1. The van der Waals surface area contributed by atoms with Crippen molar-refractivity contribution in [2.75, 3.05) is 19.6 Å². The number of urea groups is 1. The topological polar surface area (TPSA) is 96.0 Å². The Morgan fingerprint density at radius 1 is 1.12 bits per heavy atom. The molecule has 25 heavy (non-hydrogen) atoms. The van der Waals surface area contributed by atoms with Crippen molar-refractivity contribution in [1.82, 2.24) is 15.3 Å². The van der Waals surface area contributed by atoms with Crippen molar-refractivity contribution in [2.24, 2.45) is 11.3 Å². The summed E-state index contributed by atoms with van der Waals surface area (Å²) in [6, 6.07) is -0.200. The van der Waals surface area contributed by atoms with E-state index in [-0.39, 0.29) is 37.3 Å². The maximum atomic E-state index is 12.1. The van der Waals surface area contributed by atoms with Gasteiger partial charge in [-0.1, -0.05) is 20.8 Å². The molecule has 2 rings (SSSR count). The molecule has 2 fully saturated rings. The molecule has 8 nitrogen and oxygen atoms in total. The molecule has 8 heteroatoms. The van der Waals surface area contributed by atoms with Crippen LogP contribution in [0.4, 0.5) is 4.79 Å². The minimum atomic E-state index is -0.713. The van der Waals surface area contributed by atoms with E-state index in [9.17, 15) is 19.2 Å². The summed E-state index contributed by atoms with van der Waals surface area (Å²) in [5.74, 6) is -1.13. The van der Waals surface area contributed by atoms with Crippen LogP contribution in [0.2, 0.25) is 0 Å². The van der Waals surface area contributed by atoms with Gasteiger partial charge in [0.15, 0.2) is 0 Å². The van der Waals surface area contributed by atoms with Gasteiger partial charge in [-0.05, 0) is 24.2 Å². The van der Waals surface area contributed by atoms with Gasteiger partial charge < -0.3 is 15.1 Å². The number of nitrogens with zero attached hydrogens (tertiary/aromatic N) is 2. The van der Waals surface area contributed by atoms with E-state index in [1.807, 2.05) is 0 Å². The maximum Gasteiger partial charge on any atom is 0.334 e. The van der Waals surface area contributed by atoms with E-state index in [0.29, 0.717) is 24.1 Å². The Balaban J connectivity index is 1.66. The Morgan fingerprint density at radius 2 is 1.68 bits per heavy atom. The number of amides is 4. The minimum absolute atomic E-state index is 0.0629. The fourth-order valence-electron chi connectivity index (χ4n) is 3.14. The average Bonchev–Trinajstić information content (AvgIpc) is 2.86. The summed E-state index contributed by atoms with van der Waals surface area (Å²) >= 11 is 0. The molecule has 2 aliphatic heterocycles. The number of imide groups is 1. The van der Waals surface area contributed by atoms with E-state index >= 15 is 0 Å². The first-order chi connectivity index (χ1) is 11.7. The molecule has 0 bridgehead atoms. The first kappa shape index (κ1) is 19.2. The number of carbonyl (C=O) groups excluding carboxylic acids is 4. The molecule has 0 radical (unpaired) electrons. The summed E-state index contributed by atoms with van der Waals surface area (Å²) in [6.07, 6.45) is 1.97. The molecule has 0 saturated carbocycles. The number of likely N-dealkylation sites (tertiary alicyclic amines) is 1. The third kappa shape index (κ3) is 5.17. The van der Waals surface area contributed by atoms with Crippen LogP contribution in [0, 0.1) is 11.3 Å².